The number of carbonyl (C=O) groups excluding carboxylic acids is 1. The van der Waals surface area contributed by atoms with Crippen molar-refractivity contribution in [1.82, 2.24) is 0 Å². The van der Waals surface area contributed by atoms with Crippen LogP contribution in [0.3, 0.4) is 0 Å². The first kappa shape index (κ1) is 13.8. The van der Waals surface area contributed by atoms with Crippen LogP contribution < -0.4 is 0 Å². The minimum Gasteiger partial charge on any atom is -0.293 e. The first-order valence-corrected chi connectivity index (χ1v) is 7.21. The van der Waals surface area contributed by atoms with Crippen LogP contribution in [0.2, 0.25) is 0 Å². The number of alkyl halides is 2. The van der Waals surface area contributed by atoms with Crippen LogP contribution >= 0.6 is 43.6 Å². The van der Waals surface area contributed by atoms with Crippen LogP contribution in [-0.2, 0) is 0 Å². The Morgan fingerprint density at radius 1 is 1.50 bits per heavy atom. The molecule has 0 saturated heterocycles. The predicted molar refractivity (Wildman–Crippen MR) is 74.1 cm³/mol. The van der Waals surface area contributed by atoms with Crippen molar-refractivity contribution >= 4 is 49.4 Å². The average molecular weight is 363 g/mol. The summed E-state index contributed by atoms with van der Waals surface area (Å²) in [5, 5.41) is 10.5. The molecular weight excluding hydrogens is 354 g/mol. The highest BCUT2D eigenvalue weighted by molar-refractivity contribution is 9.13. The monoisotopic (exact) mass is 361 g/mol. The van der Waals surface area contributed by atoms with E-state index in [0.717, 1.165) is 17.3 Å². The van der Waals surface area contributed by atoms with E-state index >= 15 is 0 Å². The number of ketones is 1. The third-order valence-corrected chi connectivity index (χ3v) is 5.64. The van der Waals surface area contributed by atoms with Gasteiger partial charge in [0.2, 0.25) is 0 Å². The minimum atomic E-state index is -0.404. The number of halogens is 2. The Balaban J connectivity index is 2.82. The van der Waals surface area contributed by atoms with Crippen LogP contribution in [0.1, 0.15) is 15.9 Å². The molecule has 1 rings (SSSR count). The smallest absolute Gasteiger partial charge is 0.178 e. The molecule has 1 aromatic rings. The maximum Gasteiger partial charge on any atom is 0.178 e. The molecule has 0 aliphatic heterocycles. The summed E-state index contributed by atoms with van der Waals surface area (Å²) in [6.45, 7) is 1.94. The van der Waals surface area contributed by atoms with E-state index < -0.39 is 4.83 Å². The highest BCUT2D eigenvalue weighted by Gasteiger charge is 2.25. The molecule has 0 saturated carbocycles. The quantitative estimate of drug-likeness (QED) is 0.463. The molecule has 5 heteroatoms. The standard InChI is InChI=1S/C11H9Br2NOS/c1-7-3-2-4-8(5-7)10(15)9(12)11(13)16-6-14/h2-5,9,11H,1H3. The summed E-state index contributed by atoms with van der Waals surface area (Å²) in [4.78, 5) is 11.6. The summed E-state index contributed by atoms with van der Waals surface area (Å²) in [6.07, 6.45) is 0. The van der Waals surface area contributed by atoms with Crippen molar-refractivity contribution in [2.45, 2.75) is 15.9 Å². The zero-order valence-corrected chi connectivity index (χ0v) is 12.5. The van der Waals surface area contributed by atoms with Gasteiger partial charge in [0, 0.05) is 5.56 Å². The number of aryl methyl sites for hydroxylation is 1. The van der Waals surface area contributed by atoms with E-state index in [1.54, 1.807) is 6.07 Å². The molecule has 0 fully saturated rings. The van der Waals surface area contributed by atoms with E-state index in [-0.39, 0.29) is 9.94 Å². The molecule has 0 heterocycles. The maximum atomic E-state index is 12.0. The fourth-order valence-corrected chi connectivity index (χ4v) is 2.61. The summed E-state index contributed by atoms with van der Waals surface area (Å²) >= 11 is 7.62. The number of rotatable bonds is 4. The molecule has 2 atom stereocenters. The Morgan fingerprint density at radius 3 is 2.75 bits per heavy atom. The highest BCUT2D eigenvalue weighted by atomic mass is 79.9. The number of nitriles is 1. The molecule has 2 unspecified atom stereocenters. The van der Waals surface area contributed by atoms with Crippen LogP contribution in [0, 0.1) is 17.6 Å². The lowest BCUT2D eigenvalue weighted by Crippen LogP contribution is -2.21. The van der Waals surface area contributed by atoms with Gasteiger partial charge in [-0.1, -0.05) is 55.6 Å². The molecule has 0 amide bonds. The van der Waals surface area contributed by atoms with Gasteiger partial charge in [-0.05, 0) is 24.8 Å². The molecule has 0 aliphatic rings. The number of thioether (sulfide) groups is 1. The van der Waals surface area contributed by atoms with Crippen molar-refractivity contribution in [2.24, 2.45) is 0 Å². The van der Waals surface area contributed by atoms with E-state index in [0.29, 0.717) is 5.56 Å². The van der Waals surface area contributed by atoms with Gasteiger partial charge in [0.15, 0.2) is 5.78 Å². The molecular formula is C11H9Br2NOS. The van der Waals surface area contributed by atoms with Gasteiger partial charge >= 0.3 is 0 Å². The summed E-state index contributed by atoms with van der Waals surface area (Å²) < 4.78 is -0.245. The lowest BCUT2D eigenvalue weighted by Gasteiger charge is -2.12. The summed E-state index contributed by atoms with van der Waals surface area (Å²) in [5.41, 5.74) is 1.70. The predicted octanol–water partition coefficient (Wildman–Crippen LogP) is 3.88. The van der Waals surface area contributed by atoms with Gasteiger partial charge in [0.05, 0.1) is 4.16 Å². The Morgan fingerprint density at radius 2 is 2.19 bits per heavy atom. The minimum absolute atomic E-state index is 0.0201. The zero-order valence-electron chi connectivity index (χ0n) is 8.48. The molecule has 2 nitrogen and oxygen atoms in total. The van der Waals surface area contributed by atoms with E-state index in [1.807, 2.05) is 30.5 Å². The van der Waals surface area contributed by atoms with Gasteiger partial charge < -0.3 is 0 Å². The van der Waals surface area contributed by atoms with E-state index in [9.17, 15) is 4.79 Å². The van der Waals surface area contributed by atoms with Gasteiger partial charge in [-0.3, -0.25) is 4.79 Å². The van der Waals surface area contributed by atoms with Crippen molar-refractivity contribution in [2.75, 3.05) is 0 Å². The van der Waals surface area contributed by atoms with Crippen LogP contribution in [0.4, 0.5) is 0 Å². The number of hydrogen-bond donors (Lipinski definition) is 0. The van der Waals surface area contributed by atoms with E-state index in [4.69, 9.17) is 5.26 Å². The van der Waals surface area contributed by atoms with Crippen molar-refractivity contribution in [1.29, 1.82) is 5.26 Å². The fraction of sp³-hybridized carbons (Fsp3) is 0.273. The summed E-state index contributed by atoms with van der Waals surface area (Å²) in [6, 6.07) is 7.41. The third-order valence-electron chi connectivity index (χ3n) is 1.95. The molecule has 0 aliphatic carbocycles. The van der Waals surface area contributed by atoms with Gasteiger partial charge in [-0.25, -0.2) is 0 Å². The Labute approximate surface area is 116 Å². The average Bonchev–Trinajstić information content (AvgIpc) is 2.27. The largest absolute Gasteiger partial charge is 0.293 e. The molecule has 1 aromatic carbocycles. The normalized spacial score (nSPS) is 13.9. The molecule has 0 radical (unpaired) electrons. The second-order valence-electron chi connectivity index (χ2n) is 3.20. The number of thiocyanates is 1. The fourth-order valence-electron chi connectivity index (χ4n) is 1.19. The Bertz CT molecular complexity index is 430. The topological polar surface area (TPSA) is 40.9 Å². The first-order valence-electron chi connectivity index (χ1n) is 4.50. The number of benzene rings is 1. The Hall–Kier alpha value is -0.310. The maximum absolute atomic E-state index is 12.0. The molecule has 0 spiro atoms. The van der Waals surface area contributed by atoms with E-state index in [1.165, 1.54) is 0 Å². The second kappa shape index (κ2) is 6.43. The first-order chi connectivity index (χ1) is 7.56. The number of Topliss-reactive ketones (excluding diaryl/α,β-unsaturated/α-hetero) is 1. The van der Waals surface area contributed by atoms with Crippen LogP contribution in [0.5, 0.6) is 0 Å². The van der Waals surface area contributed by atoms with Gasteiger partial charge in [-0.2, -0.15) is 5.26 Å². The van der Waals surface area contributed by atoms with E-state index in [2.05, 4.69) is 31.9 Å². The SMILES string of the molecule is Cc1cccc(C(=O)C(Br)C(Br)SC#N)c1. The summed E-state index contributed by atoms with van der Waals surface area (Å²) in [7, 11) is 0. The number of hydrogen-bond acceptors (Lipinski definition) is 3. The number of carbonyl (C=O) groups is 1. The highest BCUT2D eigenvalue weighted by Crippen LogP contribution is 2.27. The molecule has 0 aromatic heterocycles. The Kier molecular flexibility index (Phi) is 5.53. The molecule has 84 valence electrons. The number of nitrogens with zero attached hydrogens (tertiary/aromatic N) is 1. The van der Waals surface area contributed by atoms with Gasteiger partial charge in [-0.15, -0.1) is 0 Å². The van der Waals surface area contributed by atoms with Crippen LogP contribution in [0.15, 0.2) is 24.3 Å². The van der Waals surface area contributed by atoms with Crippen molar-refractivity contribution < 1.29 is 4.79 Å². The van der Waals surface area contributed by atoms with Crippen LogP contribution in [0.25, 0.3) is 0 Å². The molecule has 0 N–H and O–H groups in total. The van der Waals surface area contributed by atoms with Crippen molar-refractivity contribution in [3.05, 3.63) is 35.4 Å². The third kappa shape index (κ3) is 3.62. The zero-order chi connectivity index (χ0) is 12.1. The summed E-state index contributed by atoms with van der Waals surface area (Å²) in [5.74, 6) is -0.0201. The lowest BCUT2D eigenvalue weighted by atomic mass is 10.1. The van der Waals surface area contributed by atoms with Gasteiger partial charge in [0.25, 0.3) is 0 Å². The lowest BCUT2D eigenvalue weighted by molar-refractivity contribution is 0.0995. The van der Waals surface area contributed by atoms with Crippen LogP contribution in [-0.4, -0.2) is 14.8 Å². The second-order valence-corrected chi connectivity index (χ2v) is 6.70. The van der Waals surface area contributed by atoms with Crippen molar-refractivity contribution in [3.8, 4) is 5.40 Å². The molecule has 0 bridgehead atoms. The van der Waals surface area contributed by atoms with Crippen molar-refractivity contribution in [3.63, 3.8) is 0 Å². The molecule has 16 heavy (non-hydrogen) atoms. The van der Waals surface area contributed by atoms with Gasteiger partial charge in [0.1, 0.15) is 10.2 Å².